The minimum Gasteiger partial charge on any atom is -0.467 e. The van der Waals surface area contributed by atoms with Gasteiger partial charge in [-0.15, -0.1) is 0 Å². The number of piperazine rings is 1. The van der Waals surface area contributed by atoms with Gasteiger partial charge in [0.15, 0.2) is 6.79 Å². The molecule has 2 aromatic rings. The van der Waals surface area contributed by atoms with Crippen LogP contribution >= 0.6 is 0 Å². The molecule has 0 aromatic heterocycles. The van der Waals surface area contributed by atoms with E-state index < -0.39 is 4.92 Å². The molecule has 1 saturated heterocycles. The lowest BCUT2D eigenvalue weighted by Gasteiger charge is -2.31. The van der Waals surface area contributed by atoms with Crippen LogP contribution in [-0.2, 0) is 22.7 Å². The summed E-state index contributed by atoms with van der Waals surface area (Å²) < 4.78 is 10.7. The van der Waals surface area contributed by atoms with Crippen LogP contribution in [0.1, 0.15) is 16.7 Å². The van der Waals surface area contributed by atoms with E-state index in [1.807, 2.05) is 23.1 Å². The lowest BCUT2D eigenvalue weighted by molar-refractivity contribution is -0.917. The van der Waals surface area contributed by atoms with Gasteiger partial charge in [-0.05, 0) is 6.08 Å². The second-order valence-electron chi connectivity index (χ2n) is 7.46. The first kappa shape index (κ1) is 20.1. The van der Waals surface area contributed by atoms with Gasteiger partial charge < -0.3 is 19.3 Å². The third kappa shape index (κ3) is 4.67. The molecule has 2 aromatic carbocycles. The van der Waals surface area contributed by atoms with E-state index in [-0.39, 0.29) is 25.0 Å². The Kier molecular flexibility index (Phi) is 6.06. The predicted molar refractivity (Wildman–Crippen MR) is 110 cm³/mol. The SMILES string of the molecule is O=C(/C=C/c1cc([N+](=O)[O-])cc2c1OCOC2)N1CC[NH+](Cc2ccccc2)CC1. The number of hydrogen-bond acceptors (Lipinski definition) is 5. The number of hydrogen-bond donors (Lipinski definition) is 1. The summed E-state index contributed by atoms with van der Waals surface area (Å²) in [6.07, 6.45) is 3.07. The molecular formula is C22H24N3O5+. The van der Waals surface area contributed by atoms with E-state index in [0.29, 0.717) is 30.0 Å². The van der Waals surface area contributed by atoms with Crippen molar-refractivity contribution in [3.05, 3.63) is 75.3 Å². The molecule has 2 aliphatic rings. The maximum absolute atomic E-state index is 12.7. The van der Waals surface area contributed by atoms with Crippen LogP contribution in [-0.4, -0.2) is 48.7 Å². The zero-order valence-electron chi connectivity index (χ0n) is 16.6. The predicted octanol–water partition coefficient (Wildman–Crippen LogP) is 1.40. The molecule has 0 atom stereocenters. The Labute approximate surface area is 174 Å². The fourth-order valence-corrected chi connectivity index (χ4v) is 3.83. The number of nitrogens with zero attached hydrogens (tertiary/aromatic N) is 2. The smallest absolute Gasteiger partial charge is 0.270 e. The quantitative estimate of drug-likeness (QED) is 0.458. The van der Waals surface area contributed by atoms with Crippen molar-refractivity contribution in [1.82, 2.24) is 4.90 Å². The molecule has 2 heterocycles. The molecule has 30 heavy (non-hydrogen) atoms. The van der Waals surface area contributed by atoms with Crippen molar-refractivity contribution in [1.29, 1.82) is 0 Å². The van der Waals surface area contributed by atoms with E-state index in [0.717, 1.165) is 19.6 Å². The van der Waals surface area contributed by atoms with Crippen molar-refractivity contribution in [3.63, 3.8) is 0 Å². The number of quaternary nitrogens is 1. The summed E-state index contributed by atoms with van der Waals surface area (Å²) in [6.45, 7) is 4.44. The maximum Gasteiger partial charge on any atom is 0.270 e. The van der Waals surface area contributed by atoms with Crippen molar-refractivity contribution in [2.75, 3.05) is 33.0 Å². The van der Waals surface area contributed by atoms with Gasteiger partial charge in [0.1, 0.15) is 12.3 Å². The molecule has 4 rings (SSSR count). The van der Waals surface area contributed by atoms with E-state index >= 15 is 0 Å². The molecule has 156 valence electrons. The summed E-state index contributed by atoms with van der Waals surface area (Å²) in [5, 5.41) is 11.2. The van der Waals surface area contributed by atoms with Crippen molar-refractivity contribution in [2.24, 2.45) is 0 Å². The standard InChI is InChI=1S/C22H23N3O5/c26-21(24-10-8-23(9-11-24)14-17-4-2-1-3-5-17)7-6-18-12-20(25(27)28)13-19-15-29-16-30-22(18)19/h1-7,12-13H,8-11,14-16H2/p+1/b7-6+. The molecule has 1 N–H and O–H groups in total. The molecule has 1 amide bonds. The highest BCUT2D eigenvalue weighted by molar-refractivity contribution is 5.92. The number of ether oxygens (including phenoxy) is 2. The number of nitro benzene ring substituents is 1. The number of carbonyl (C=O) groups excluding carboxylic acids is 1. The van der Waals surface area contributed by atoms with Gasteiger partial charge in [-0.2, -0.15) is 0 Å². The summed E-state index contributed by atoms with van der Waals surface area (Å²) in [6, 6.07) is 13.2. The Morgan fingerprint density at radius 3 is 2.70 bits per heavy atom. The van der Waals surface area contributed by atoms with Gasteiger partial charge in [0.2, 0.25) is 5.91 Å². The molecule has 2 aliphatic heterocycles. The zero-order chi connectivity index (χ0) is 20.9. The van der Waals surface area contributed by atoms with Gasteiger partial charge in [-0.1, -0.05) is 30.3 Å². The highest BCUT2D eigenvalue weighted by Crippen LogP contribution is 2.33. The molecule has 1 fully saturated rings. The largest absolute Gasteiger partial charge is 0.467 e. The number of amides is 1. The summed E-state index contributed by atoms with van der Waals surface area (Å²) >= 11 is 0. The topological polar surface area (TPSA) is 86.3 Å². The molecule has 0 saturated carbocycles. The van der Waals surface area contributed by atoms with Crippen LogP contribution in [0, 0.1) is 10.1 Å². The third-order valence-corrected chi connectivity index (χ3v) is 5.42. The highest BCUT2D eigenvalue weighted by Gasteiger charge is 2.23. The van der Waals surface area contributed by atoms with Crippen molar-refractivity contribution >= 4 is 17.7 Å². The number of nitrogens with one attached hydrogen (secondary N) is 1. The van der Waals surface area contributed by atoms with Crippen LogP contribution < -0.4 is 9.64 Å². The highest BCUT2D eigenvalue weighted by atomic mass is 16.7. The average molecular weight is 410 g/mol. The molecule has 0 radical (unpaired) electrons. The van der Waals surface area contributed by atoms with Gasteiger partial charge in [-0.3, -0.25) is 14.9 Å². The minimum absolute atomic E-state index is 0.0481. The van der Waals surface area contributed by atoms with Gasteiger partial charge in [0.05, 0.1) is 37.7 Å². The summed E-state index contributed by atoms with van der Waals surface area (Å²) in [4.78, 5) is 26.7. The second kappa shape index (κ2) is 9.06. The minimum atomic E-state index is -0.456. The average Bonchev–Trinajstić information content (AvgIpc) is 2.78. The van der Waals surface area contributed by atoms with E-state index in [2.05, 4.69) is 12.1 Å². The van der Waals surface area contributed by atoms with Crippen LogP contribution in [0.3, 0.4) is 0 Å². The monoisotopic (exact) mass is 410 g/mol. The van der Waals surface area contributed by atoms with Crippen molar-refractivity contribution in [2.45, 2.75) is 13.2 Å². The first-order valence-corrected chi connectivity index (χ1v) is 9.96. The van der Waals surface area contributed by atoms with Gasteiger partial charge in [0.25, 0.3) is 5.69 Å². The van der Waals surface area contributed by atoms with Gasteiger partial charge in [0, 0.05) is 34.9 Å². The lowest BCUT2D eigenvalue weighted by Crippen LogP contribution is -3.13. The van der Waals surface area contributed by atoms with Crippen molar-refractivity contribution < 1.29 is 24.1 Å². The van der Waals surface area contributed by atoms with Gasteiger partial charge >= 0.3 is 0 Å². The zero-order valence-corrected chi connectivity index (χ0v) is 16.6. The Morgan fingerprint density at radius 1 is 1.20 bits per heavy atom. The molecular weight excluding hydrogens is 386 g/mol. The second-order valence-corrected chi connectivity index (χ2v) is 7.46. The molecule has 0 aliphatic carbocycles. The Bertz CT molecular complexity index is 953. The maximum atomic E-state index is 12.7. The van der Waals surface area contributed by atoms with Crippen LogP contribution in [0.15, 0.2) is 48.5 Å². The number of fused-ring (bicyclic) bond motifs is 1. The van der Waals surface area contributed by atoms with E-state index in [1.54, 1.807) is 6.08 Å². The number of nitro groups is 1. The first-order chi connectivity index (χ1) is 14.6. The lowest BCUT2D eigenvalue weighted by atomic mass is 10.1. The summed E-state index contributed by atoms with van der Waals surface area (Å²) in [5.74, 6) is 0.439. The molecule has 8 heteroatoms. The summed E-state index contributed by atoms with van der Waals surface area (Å²) in [5.41, 5.74) is 2.38. The van der Waals surface area contributed by atoms with Crippen LogP contribution in [0.2, 0.25) is 0 Å². The van der Waals surface area contributed by atoms with Crippen LogP contribution in [0.5, 0.6) is 5.75 Å². The Hall–Kier alpha value is -3.23. The number of carbonyl (C=O) groups is 1. The number of rotatable bonds is 5. The van der Waals surface area contributed by atoms with E-state index in [4.69, 9.17) is 9.47 Å². The molecule has 0 unspecified atom stereocenters. The molecule has 0 bridgehead atoms. The fraction of sp³-hybridized carbons (Fsp3) is 0.318. The van der Waals surface area contributed by atoms with E-state index in [9.17, 15) is 14.9 Å². The Morgan fingerprint density at radius 2 is 1.97 bits per heavy atom. The van der Waals surface area contributed by atoms with E-state index in [1.165, 1.54) is 28.7 Å². The first-order valence-electron chi connectivity index (χ1n) is 9.96. The number of benzene rings is 2. The number of non-ortho nitro benzene ring substituents is 1. The molecule has 0 spiro atoms. The summed E-state index contributed by atoms with van der Waals surface area (Å²) in [7, 11) is 0. The van der Waals surface area contributed by atoms with Crippen molar-refractivity contribution in [3.8, 4) is 5.75 Å². The third-order valence-electron chi connectivity index (χ3n) is 5.42. The van der Waals surface area contributed by atoms with Crippen LogP contribution in [0.25, 0.3) is 6.08 Å². The normalized spacial score (nSPS) is 16.9. The fourth-order valence-electron chi connectivity index (χ4n) is 3.83. The Balaban J connectivity index is 1.40. The van der Waals surface area contributed by atoms with Gasteiger partial charge in [-0.25, -0.2) is 0 Å². The molecule has 8 nitrogen and oxygen atoms in total. The van der Waals surface area contributed by atoms with Crippen LogP contribution in [0.4, 0.5) is 5.69 Å².